The van der Waals surface area contributed by atoms with E-state index in [9.17, 15) is 4.79 Å². The van der Waals surface area contributed by atoms with Crippen LogP contribution in [0.5, 0.6) is 17.2 Å². The van der Waals surface area contributed by atoms with Crippen LogP contribution in [0, 0.1) is 0 Å². The minimum absolute atomic E-state index is 0.0661. The average Bonchev–Trinajstić information content (AvgIpc) is 2.79. The molecule has 0 heterocycles. The van der Waals surface area contributed by atoms with E-state index in [0.717, 1.165) is 35.9 Å². The molecule has 30 heavy (non-hydrogen) atoms. The Labute approximate surface area is 179 Å². The van der Waals surface area contributed by atoms with Gasteiger partial charge in [-0.3, -0.25) is 4.90 Å². The van der Waals surface area contributed by atoms with Crippen LogP contribution in [0.3, 0.4) is 0 Å². The van der Waals surface area contributed by atoms with Crippen molar-refractivity contribution in [2.24, 2.45) is 0 Å². The molecule has 0 saturated heterocycles. The number of rotatable bonds is 12. The zero-order chi connectivity index (χ0) is 21.8. The lowest BCUT2D eigenvalue weighted by molar-refractivity contribution is 0.204. The molecule has 7 nitrogen and oxygen atoms in total. The largest absolute Gasteiger partial charge is 0.497 e. The quantitative estimate of drug-likeness (QED) is 0.520. The van der Waals surface area contributed by atoms with Crippen molar-refractivity contribution < 1.29 is 19.0 Å². The number of carbonyl (C=O) groups excluding carboxylic acids is 1. The van der Waals surface area contributed by atoms with Gasteiger partial charge in [0.1, 0.15) is 23.9 Å². The molecule has 0 aliphatic rings. The first-order valence-electron chi connectivity index (χ1n) is 10.3. The van der Waals surface area contributed by atoms with Crippen LogP contribution in [0.2, 0.25) is 0 Å². The van der Waals surface area contributed by atoms with Gasteiger partial charge in [-0.15, -0.1) is 0 Å². The predicted molar refractivity (Wildman–Crippen MR) is 119 cm³/mol. The van der Waals surface area contributed by atoms with E-state index >= 15 is 0 Å². The van der Waals surface area contributed by atoms with E-state index < -0.39 is 0 Å². The van der Waals surface area contributed by atoms with Crippen LogP contribution in [0.25, 0.3) is 0 Å². The Morgan fingerprint density at radius 3 is 2.23 bits per heavy atom. The van der Waals surface area contributed by atoms with Crippen molar-refractivity contribution in [2.45, 2.75) is 19.9 Å². The van der Waals surface area contributed by atoms with Gasteiger partial charge in [-0.1, -0.05) is 26.0 Å². The van der Waals surface area contributed by atoms with Gasteiger partial charge in [-0.05, 0) is 55.1 Å². The summed E-state index contributed by atoms with van der Waals surface area (Å²) < 4.78 is 16.1. The maximum Gasteiger partial charge on any atom is 0.314 e. The second kappa shape index (κ2) is 12.6. The van der Waals surface area contributed by atoms with Crippen molar-refractivity contribution in [3.05, 3.63) is 54.1 Å². The van der Waals surface area contributed by atoms with Crippen LogP contribution < -0.4 is 24.8 Å². The third kappa shape index (κ3) is 7.15. The van der Waals surface area contributed by atoms with E-state index in [1.807, 2.05) is 42.5 Å². The van der Waals surface area contributed by atoms with E-state index in [2.05, 4.69) is 35.4 Å². The molecule has 0 aliphatic carbocycles. The van der Waals surface area contributed by atoms with Gasteiger partial charge >= 0.3 is 6.03 Å². The Kier molecular flexibility index (Phi) is 9.80. The van der Waals surface area contributed by atoms with Gasteiger partial charge < -0.3 is 24.8 Å². The molecule has 0 bridgehead atoms. The minimum atomic E-state index is -0.214. The van der Waals surface area contributed by atoms with Gasteiger partial charge in [-0.25, -0.2) is 4.79 Å². The number of nitrogens with one attached hydrogen (secondary N) is 2. The molecule has 0 aromatic heterocycles. The summed E-state index contributed by atoms with van der Waals surface area (Å²) in [6, 6.07) is 15.2. The van der Waals surface area contributed by atoms with Crippen molar-refractivity contribution in [1.82, 2.24) is 15.5 Å². The van der Waals surface area contributed by atoms with Crippen molar-refractivity contribution in [3.8, 4) is 17.2 Å². The number of benzene rings is 2. The molecule has 2 aromatic carbocycles. The highest BCUT2D eigenvalue weighted by atomic mass is 16.5. The Morgan fingerprint density at radius 2 is 1.60 bits per heavy atom. The Morgan fingerprint density at radius 1 is 0.933 bits per heavy atom. The van der Waals surface area contributed by atoms with Crippen LogP contribution in [-0.2, 0) is 0 Å². The van der Waals surface area contributed by atoms with Crippen LogP contribution in [0.15, 0.2) is 48.5 Å². The maximum absolute atomic E-state index is 12.3. The number of carbonyl (C=O) groups is 1. The standard InChI is InChI=1S/C23H33N3O4/c1-5-26(6-2)22(18-8-7-9-21(16-18)29-4)17-25-23(27)24-14-15-30-20-12-10-19(28-3)11-13-20/h7-13,16,22H,5-6,14-15,17H2,1-4H3,(H2,24,25,27)/t22-/m1/s1. The SMILES string of the molecule is CCN(CC)[C@H](CNC(=O)NCCOc1ccc(OC)cc1)c1cccc(OC)c1. The second-order valence-electron chi connectivity index (χ2n) is 6.67. The number of ether oxygens (including phenoxy) is 3. The molecular weight excluding hydrogens is 382 g/mol. The highest BCUT2D eigenvalue weighted by Gasteiger charge is 2.19. The molecule has 0 fully saturated rings. The molecule has 0 aliphatic heterocycles. The van der Waals surface area contributed by atoms with Gasteiger partial charge in [0.15, 0.2) is 0 Å². The summed E-state index contributed by atoms with van der Waals surface area (Å²) in [6.45, 7) is 7.30. The third-order valence-corrected chi connectivity index (χ3v) is 4.90. The van der Waals surface area contributed by atoms with Crippen LogP contribution >= 0.6 is 0 Å². The van der Waals surface area contributed by atoms with Gasteiger partial charge in [0, 0.05) is 6.54 Å². The number of urea groups is 1. The summed E-state index contributed by atoms with van der Waals surface area (Å²) in [6.07, 6.45) is 0. The summed E-state index contributed by atoms with van der Waals surface area (Å²) in [7, 11) is 3.28. The second-order valence-corrected chi connectivity index (χ2v) is 6.67. The Bertz CT molecular complexity index is 763. The zero-order valence-corrected chi connectivity index (χ0v) is 18.3. The molecule has 0 unspecified atom stereocenters. The number of likely N-dealkylation sites (N-methyl/N-ethyl adjacent to an activating group) is 1. The molecular formula is C23H33N3O4. The maximum atomic E-state index is 12.3. The predicted octanol–water partition coefficient (Wildman–Crippen LogP) is 3.46. The number of hydrogen-bond acceptors (Lipinski definition) is 5. The van der Waals surface area contributed by atoms with E-state index in [4.69, 9.17) is 14.2 Å². The molecule has 2 rings (SSSR count). The summed E-state index contributed by atoms with van der Waals surface area (Å²) in [5.41, 5.74) is 1.11. The van der Waals surface area contributed by atoms with E-state index in [1.165, 1.54) is 0 Å². The fourth-order valence-corrected chi connectivity index (χ4v) is 3.23. The fraction of sp³-hybridized carbons (Fsp3) is 0.435. The van der Waals surface area contributed by atoms with E-state index in [0.29, 0.717) is 19.7 Å². The number of amides is 2. The van der Waals surface area contributed by atoms with E-state index in [1.54, 1.807) is 14.2 Å². The highest BCUT2D eigenvalue weighted by Crippen LogP contribution is 2.23. The lowest BCUT2D eigenvalue weighted by atomic mass is 10.0. The summed E-state index contributed by atoms with van der Waals surface area (Å²) in [5, 5.41) is 5.81. The molecule has 1 atom stereocenters. The molecule has 0 spiro atoms. The van der Waals surface area contributed by atoms with Gasteiger partial charge in [0.2, 0.25) is 0 Å². The average molecular weight is 416 g/mol. The topological polar surface area (TPSA) is 72.1 Å². The first-order chi connectivity index (χ1) is 14.6. The summed E-state index contributed by atoms with van der Waals surface area (Å²) >= 11 is 0. The third-order valence-electron chi connectivity index (χ3n) is 4.90. The number of hydrogen-bond donors (Lipinski definition) is 2. The first kappa shape index (κ1) is 23.3. The fourth-order valence-electron chi connectivity index (χ4n) is 3.23. The van der Waals surface area contributed by atoms with Crippen molar-refractivity contribution >= 4 is 6.03 Å². The lowest BCUT2D eigenvalue weighted by Crippen LogP contribution is -2.43. The molecule has 2 amide bonds. The van der Waals surface area contributed by atoms with Crippen LogP contribution in [0.4, 0.5) is 4.79 Å². The smallest absolute Gasteiger partial charge is 0.314 e. The molecule has 0 radical (unpaired) electrons. The van der Waals surface area contributed by atoms with Crippen molar-refractivity contribution in [3.63, 3.8) is 0 Å². The van der Waals surface area contributed by atoms with Crippen LogP contribution in [-0.4, -0.2) is 57.9 Å². The normalized spacial score (nSPS) is 11.6. The van der Waals surface area contributed by atoms with Crippen molar-refractivity contribution in [2.75, 3.05) is 47.0 Å². The van der Waals surface area contributed by atoms with Crippen molar-refractivity contribution in [1.29, 1.82) is 0 Å². The number of methoxy groups -OCH3 is 2. The molecule has 7 heteroatoms. The number of nitrogens with zero attached hydrogens (tertiary/aromatic N) is 1. The lowest BCUT2D eigenvalue weighted by Gasteiger charge is -2.30. The molecule has 0 saturated carbocycles. The molecule has 2 N–H and O–H groups in total. The van der Waals surface area contributed by atoms with Gasteiger partial charge in [0.05, 0.1) is 26.8 Å². The Balaban J connectivity index is 1.82. The zero-order valence-electron chi connectivity index (χ0n) is 18.3. The van der Waals surface area contributed by atoms with Crippen LogP contribution in [0.1, 0.15) is 25.5 Å². The monoisotopic (exact) mass is 415 g/mol. The van der Waals surface area contributed by atoms with E-state index in [-0.39, 0.29) is 12.1 Å². The minimum Gasteiger partial charge on any atom is -0.497 e. The van der Waals surface area contributed by atoms with Gasteiger partial charge in [-0.2, -0.15) is 0 Å². The summed E-state index contributed by atoms with van der Waals surface area (Å²) in [5.74, 6) is 2.32. The van der Waals surface area contributed by atoms with Gasteiger partial charge in [0.25, 0.3) is 0 Å². The molecule has 164 valence electrons. The first-order valence-corrected chi connectivity index (χ1v) is 10.3. The molecule has 2 aromatic rings. The summed E-state index contributed by atoms with van der Waals surface area (Å²) in [4.78, 5) is 14.6. The Hall–Kier alpha value is -2.93. The highest BCUT2D eigenvalue weighted by molar-refractivity contribution is 5.73.